The van der Waals surface area contributed by atoms with Gasteiger partial charge in [-0.05, 0) is 86.7 Å². The zero-order valence-corrected chi connectivity index (χ0v) is 21.2. The lowest BCUT2D eigenvalue weighted by molar-refractivity contribution is 0.261. The Kier molecular flexibility index (Phi) is 10.7. The SMILES string of the molecule is CC(C)CCCCOc1ccc(N(CCCN)C(=N)N2CCC(Cc3ccccc3)CC2)cc1. The van der Waals surface area contributed by atoms with E-state index in [1.807, 2.05) is 12.1 Å². The molecule has 0 saturated carbocycles. The van der Waals surface area contributed by atoms with Gasteiger partial charge in [0.2, 0.25) is 0 Å². The Hall–Kier alpha value is -2.53. The van der Waals surface area contributed by atoms with E-state index < -0.39 is 0 Å². The summed E-state index contributed by atoms with van der Waals surface area (Å²) in [5, 5.41) is 8.97. The van der Waals surface area contributed by atoms with Crippen LogP contribution in [0.25, 0.3) is 0 Å². The van der Waals surface area contributed by atoms with Crippen LogP contribution in [-0.2, 0) is 6.42 Å². The Balaban J connectivity index is 1.52. The van der Waals surface area contributed by atoms with Crippen molar-refractivity contribution in [2.24, 2.45) is 17.6 Å². The van der Waals surface area contributed by atoms with Crippen molar-refractivity contribution in [2.45, 2.75) is 58.8 Å². The van der Waals surface area contributed by atoms with Crippen molar-refractivity contribution in [3.8, 4) is 5.75 Å². The van der Waals surface area contributed by atoms with Gasteiger partial charge < -0.3 is 20.3 Å². The Bertz CT molecular complexity index is 829. The standard InChI is InChI=1S/C29H44N4O/c1-24(2)9-6-7-22-34-28-14-12-27(13-15-28)33(19-8-18-30)29(31)32-20-16-26(17-21-32)23-25-10-4-3-5-11-25/h3-5,10-15,24,26,31H,6-9,16-23,30H2,1-2H3. The van der Waals surface area contributed by atoms with Crippen LogP contribution in [0.4, 0.5) is 5.69 Å². The zero-order valence-electron chi connectivity index (χ0n) is 21.2. The smallest absolute Gasteiger partial charge is 0.198 e. The van der Waals surface area contributed by atoms with Crippen molar-refractivity contribution >= 4 is 11.6 Å². The van der Waals surface area contributed by atoms with Gasteiger partial charge in [-0.15, -0.1) is 0 Å². The first-order chi connectivity index (χ1) is 16.6. The normalized spacial score (nSPS) is 14.4. The number of ether oxygens (including phenoxy) is 1. The minimum atomic E-state index is 0.592. The van der Waals surface area contributed by atoms with Crippen LogP contribution >= 0.6 is 0 Å². The molecule has 5 heteroatoms. The minimum Gasteiger partial charge on any atom is -0.494 e. The van der Waals surface area contributed by atoms with Crippen LogP contribution in [0.2, 0.25) is 0 Å². The van der Waals surface area contributed by atoms with Gasteiger partial charge in [-0.2, -0.15) is 0 Å². The van der Waals surface area contributed by atoms with Gasteiger partial charge in [-0.25, -0.2) is 0 Å². The highest BCUT2D eigenvalue weighted by Crippen LogP contribution is 2.25. The second-order valence-electron chi connectivity index (χ2n) is 9.97. The van der Waals surface area contributed by atoms with E-state index in [4.69, 9.17) is 15.9 Å². The van der Waals surface area contributed by atoms with Gasteiger partial charge in [0.05, 0.1) is 6.61 Å². The molecule has 3 N–H and O–H groups in total. The fourth-order valence-corrected chi connectivity index (χ4v) is 4.64. The number of piperidine rings is 1. The maximum absolute atomic E-state index is 8.97. The molecule has 0 spiro atoms. The summed E-state index contributed by atoms with van der Waals surface area (Å²) in [6.45, 7) is 8.55. The van der Waals surface area contributed by atoms with E-state index in [-0.39, 0.29) is 0 Å². The van der Waals surface area contributed by atoms with Gasteiger partial charge in [0, 0.05) is 25.3 Å². The maximum atomic E-state index is 8.97. The summed E-state index contributed by atoms with van der Waals surface area (Å²) in [5.74, 6) is 2.94. The van der Waals surface area contributed by atoms with Crippen LogP contribution < -0.4 is 15.4 Å². The highest BCUT2D eigenvalue weighted by Gasteiger charge is 2.24. The van der Waals surface area contributed by atoms with Crippen molar-refractivity contribution in [1.82, 2.24) is 4.90 Å². The number of unbranched alkanes of at least 4 members (excludes halogenated alkanes) is 1. The minimum absolute atomic E-state index is 0.592. The molecular weight excluding hydrogens is 420 g/mol. The van der Waals surface area contributed by atoms with E-state index in [1.54, 1.807) is 0 Å². The number of anilines is 1. The lowest BCUT2D eigenvalue weighted by atomic mass is 9.90. The van der Waals surface area contributed by atoms with Gasteiger partial charge in [-0.3, -0.25) is 5.41 Å². The Morgan fingerprint density at radius 3 is 2.38 bits per heavy atom. The van der Waals surface area contributed by atoms with Gasteiger partial charge in [0.25, 0.3) is 0 Å². The number of benzene rings is 2. The molecule has 0 amide bonds. The predicted octanol–water partition coefficient (Wildman–Crippen LogP) is 5.94. The molecule has 1 heterocycles. The van der Waals surface area contributed by atoms with Gasteiger partial charge in [0.15, 0.2) is 5.96 Å². The molecule has 0 aromatic heterocycles. The number of guanidine groups is 1. The van der Waals surface area contributed by atoms with Crippen LogP contribution in [-0.4, -0.2) is 43.6 Å². The molecule has 0 atom stereocenters. The van der Waals surface area contributed by atoms with Crippen molar-refractivity contribution < 1.29 is 4.74 Å². The monoisotopic (exact) mass is 464 g/mol. The van der Waals surface area contributed by atoms with E-state index in [9.17, 15) is 0 Å². The third-order valence-electron chi connectivity index (χ3n) is 6.72. The summed E-state index contributed by atoms with van der Waals surface area (Å²) in [6, 6.07) is 19.0. The second-order valence-corrected chi connectivity index (χ2v) is 9.97. The lowest BCUT2D eigenvalue weighted by Crippen LogP contribution is -2.48. The number of nitrogens with two attached hydrogens (primary N) is 1. The van der Waals surface area contributed by atoms with Crippen LogP contribution in [0.1, 0.15) is 57.9 Å². The zero-order chi connectivity index (χ0) is 24.2. The molecule has 0 bridgehead atoms. The number of nitrogens with one attached hydrogen (secondary N) is 1. The third-order valence-corrected chi connectivity index (χ3v) is 6.72. The van der Waals surface area contributed by atoms with Crippen molar-refractivity contribution in [1.29, 1.82) is 5.41 Å². The number of rotatable bonds is 12. The molecule has 2 aromatic carbocycles. The molecule has 1 fully saturated rings. The molecule has 1 aliphatic heterocycles. The molecule has 5 nitrogen and oxygen atoms in total. The van der Waals surface area contributed by atoms with Crippen molar-refractivity contribution in [2.75, 3.05) is 37.7 Å². The third kappa shape index (κ3) is 8.35. The highest BCUT2D eigenvalue weighted by atomic mass is 16.5. The van der Waals surface area contributed by atoms with Crippen LogP contribution in [0, 0.1) is 17.2 Å². The largest absolute Gasteiger partial charge is 0.494 e. The molecule has 0 unspecified atom stereocenters. The molecule has 2 aromatic rings. The Morgan fingerprint density at radius 2 is 1.74 bits per heavy atom. The second kappa shape index (κ2) is 14.0. The first kappa shape index (κ1) is 26.1. The molecule has 0 aliphatic carbocycles. The summed E-state index contributed by atoms with van der Waals surface area (Å²) in [7, 11) is 0. The van der Waals surface area contributed by atoms with Gasteiger partial charge >= 0.3 is 0 Å². The topological polar surface area (TPSA) is 65.6 Å². The van der Waals surface area contributed by atoms with E-state index in [2.05, 4.69) is 66.1 Å². The fraction of sp³-hybridized carbons (Fsp3) is 0.552. The van der Waals surface area contributed by atoms with E-state index in [0.29, 0.717) is 18.4 Å². The predicted molar refractivity (Wildman–Crippen MR) is 144 cm³/mol. The first-order valence-corrected chi connectivity index (χ1v) is 13.1. The average molecular weight is 465 g/mol. The average Bonchev–Trinajstić information content (AvgIpc) is 2.85. The molecule has 1 aliphatic rings. The quantitative estimate of drug-likeness (QED) is 0.232. The molecule has 3 rings (SSSR count). The number of hydrogen-bond acceptors (Lipinski definition) is 3. The summed E-state index contributed by atoms with van der Waals surface area (Å²) in [5.41, 5.74) is 8.27. The number of nitrogens with zero attached hydrogens (tertiary/aromatic N) is 2. The van der Waals surface area contributed by atoms with Gasteiger partial charge in [-0.1, -0.05) is 50.6 Å². The van der Waals surface area contributed by atoms with Crippen LogP contribution in [0.3, 0.4) is 0 Å². The maximum Gasteiger partial charge on any atom is 0.198 e. The molecule has 186 valence electrons. The van der Waals surface area contributed by atoms with Crippen LogP contribution in [0.5, 0.6) is 5.75 Å². The van der Waals surface area contributed by atoms with Crippen molar-refractivity contribution in [3.05, 3.63) is 60.2 Å². The molecule has 34 heavy (non-hydrogen) atoms. The Morgan fingerprint density at radius 1 is 1.03 bits per heavy atom. The number of likely N-dealkylation sites (tertiary alicyclic amines) is 1. The first-order valence-electron chi connectivity index (χ1n) is 13.1. The lowest BCUT2D eigenvalue weighted by Gasteiger charge is -2.38. The molecule has 0 radical (unpaired) electrons. The summed E-state index contributed by atoms with van der Waals surface area (Å²) < 4.78 is 5.94. The summed E-state index contributed by atoms with van der Waals surface area (Å²) in [4.78, 5) is 4.34. The van der Waals surface area contributed by atoms with E-state index in [1.165, 1.54) is 18.4 Å². The summed E-state index contributed by atoms with van der Waals surface area (Å²) in [6.07, 6.45) is 7.81. The molecule has 1 saturated heterocycles. The van der Waals surface area contributed by atoms with Crippen LogP contribution in [0.15, 0.2) is 54.6 Å². The fourth-order valence-electron chi connectivity index (χ4n) is 4.64. The van der Waals surface area contributed by atoms with E-state index >= 15 is 0 Å². The Labute approximate surface area is 206 Å². The van der Waals surface area contributed by atoms with Crippen molar-refractivity contribution in [3.63, 3.8) is 0 Å². The summed E-state index contributed by atoms with van der Waals surface area (Å²) >= 11 is 0. The van der Waals surface area contributed by atoms with Gasteiger partial charge in [0.1, 0.15) is 5.75 Å². The van der Waals surface area contributed by atoms with E-state index in [0.717, 1.165) is 75.7 Å². The molecular formula is C29H44N4O. The number of hydrogen-bond donors (Lipinski definition) is 2. The highest BCUT2D eigenvalue weighted by molar-refractivity contribution is 5.93.